The lowest BCUT2D eigenvalue weighted by molar-refractivity contribution is -0.918. The molecule has 1 amide bonds. The SMILES string of the molecule is CC(=O)N1CCc2ccc(NC3CC[NH+](Cc4ccccc4)CC3)cc21. The third-order valence-electron chi connectivity index (χ3n) is 5.72. The zero-order chi connectivity index (χ0) is 17.9. The van der Waals surface area contributed by atoms with Crippen LogP contribution in [-0.4, -0.2) is 31.6 Å². The van der Waals surface area contributed by atoms with Gasteiger partial charge in [-0.1, -0.05) is 36.4 Å². The van der Waals surface area contributed by atoms with Gasteiger partial charge in [0.2, 0.25) is 5.91 Å². The molecule has 0 radical (unpaired) electrons. The average molecular weight is 350 g/mol. The Labute approximate surface area is 155 Å². The predicted octanol–water partition coefficient (Wildman–Crippen LogP) is 2.26. The molecule has 1 saturated heterocycles. The van der Waals surface area contributed by atoms with Crippen LogP contribution in [0.3, 0.4) is 0 Å². The fraction of sp³-hybridized carbons (Fsp3) is 0.409. The molecule has 136 valence electrons. The number of piperidine rings is 1. The van der Waals surface area contributed by atoms with Gasteiger partial charge in [0.1, 0.15) is 6.54 Å². The minimum Gasteiger partial charge on any atom is -0.382 e. The van der Waals surface area contributed by atoms with E-state index in [1.165, 1.54) is 37.1 Å². The Bertz CT molecular complexity index is 766. The number of carbonyl (C=O) groups excluding carboxylic acids is 1. The number of likely N-dealkylation sites (tertiary alicyclic amines) is 1. The normalized spacial score (nSPS) is 22.1. The summed E-state index contributed by atoms with van der Waals surface area (Å²) in [7, 11) is 0. The van der Waals surface area contributed by atoms with E-state index in [-0.39, 0.29) is 5.91 Å². The van der Waals surface area contributed by atoms with Crippen molar-refractivity contribution < 1.29 is 9.69 Å². The molecule has 0 aliphatic carbocycles. The van der Waals surface area contributed by atoms with Crippen LogP contribution < -0.4 is 15.1 Å². The van der Waals surface area contributed by atoms with Crippen LogP contribution in [0, 0.1) is 0 Å². The molecule has 2 aromatic carbocycles. The number of hydrogen-bond acceptors (Lipinski definition) is 2. The largest absolute Gasteiger partial charge is 0.382 e. The van der Waals surface area contributed by atoms with Crippen LogP contribution >= 0.6 is 0 Å². The Morgan fingerprint density at radius 3 is 2.65 bits per heavy atom. The Hall–Kier alpha value is -2.33. The molecule has 4 nitrogen and oxygen atoms in total. The molecule has 0 atom stereocenters. The molecule has 0 saturated carbocycles. The molecule has 0 spiro atoms. The first-order valence-corrected chi connectivity index (χ1v) is 9.74. The number of rotatable bonds is 4. The highest BCUT2D eigenvalue weighted by molar-refractivity contribution is 5.94. The monoisotopic (exact) mass is 350 g/mol. The molecule has 0 aromatic heterocycles. The van der Waals surface area contributed by atoms with Crippen molar-refractivity contribution in [2.45, 2.75) is 38.8 Å². The highest BCUT2D eigenvalue weighted by atomic mass is 16.2. The second-order valence-corrected chi connectivity index (χ2v) is 7.60. The van der Waals surface area contributed by atoms with E-state index in [1.54, 1.807) is 11.8 Å². The van der Waals surface area contributed by atoms with E-state index in [4.69, 9.17) is 0 Å². The van der Waals surface area contributed by atoms with Crippen LogP contribution in [0.25, 0.3) is 0 Å². The summed E-state index contributed by atoms with van der Waals surface area (Å²) in [6.07, 6.45) is 3.35. The van der Waals surface area contributed by atoms with Gasteiger partial charge < -0.3 is 15.1 Å². The number of nitrogens with zero attached hydrogens (tertiary/aromatic N) is 1. The molecule has 4 heteroatoms. The van der Waals surface area contributed by atoms with Crippen LogP contribution in [0.15, 0.2) is 48.5 Å². The molecule has 0 unspecified atom stereocenters. The van der Waals surface area contributed by atoms with Crippen molar-refractivity contribution in [2.75, 3.05) is 29.9 Å². The van der Waals surface area contributed by atoms with E-state index in [0.29, 0.717) is 6.04 Å². The average Bonchev–Trinajstić information content (AvgIpc) is 3.08. The smallest absolute Gasteiger partial charge is 0.223 e. The Kier molecular flexibility index (Phi) is 4.93. The second-order valence-electron chi connectivity index (χ2n) is 7.60. The van der Waals surface area contributed by atoms with Gasteiger partial charge in [0.15, 0.2) is 0 Å². The number of fused-ring (bicyclic) bond motifs is 1. The minimum absolute atomic E-state index is 0.138. The Morgan fingerprint density at radius 1 is 1.15 bits per heavy atom. The number of hydrogen-bond donors (Lipinski definition) is 2. The van der Waals surface area contributed by atoms with Gasteiger partial charge in [0.25, 0.3) is 0 Å². The fourth-order valence-corrected chi connectivity index (χ4v) is 4.26. The molecule has 2 heterocycles. The summed E-state index contributed by atoms with van der Waals surface area (Å²) >= 11 is 0. The number of benzene rings is 2. The third-order valence-corrected chi connectivity index (χ3v) is 5.72. The van der Waals surface area contributed by atoms with E-state index < -0.39 is 0 Å². The van der Waals surface area contributed by atoms with Gasteiger partial charge in [-0.15, -0.1) is 0 Å². The zero-order valence-electron chi connectivity index (χ0n) is 15.5. The van der Waals surface area contributed by atoms with Crippen molar-refractivity contribution in [3.05, 3.63) is 59.7 Å². The van der Waals surface area contributed by atoms with Crippen LogP contribution in [-0.2, 0) is 17.8 Å². The molecule has 1 fully saturated rings. The van der Waals surface area contributed by atoms with E-state index in [1.807, 2.05) is 4.90 Å². The summed E-state index contributed by atoms with van der Waals surface area (Å²) in [4.78, 5) is 15.4. The van der Waals surface area contributed by atoms with Crippen LogP contribution in [0.1, 0.15) is 30.9 Å². The Balaban J connectivity index is 1.34. The van der Waals surface area contributed by atoms with Crippen molar-refractivity contribution in [3.8, 4) is 0 Å². The van der Waals surface area contributed by atoms with Crippen molar-refractivity contribution in [2.24, 2.45) is 0 Å². The van der Waals surface area contributed by atoms with Gasteiger partial charge in [-0.3, -0.25) is 4.79 Å². The summed E-state index contributed by atoms with van der Waals surface area (Å²) in [6.45, 7) is 6.00. The second kappa shape index (κ2) is 7.50. The van der Waals surface area contributed by atoms with Gasteiger partial charge in [0.05, 0.1) is 13.1 Å². The van der Waals surface area contributed by atoms with Crippen molar-refractivity contribution in [1.82, 2.24) is 0 Å². The molecule has 2 aliphatic heterocycles. The number of quaternary nitrogens is 1. The molecule has 0 bridgehead atoms. The summed E-state index contributed by atoms with van der Waals surface area (Å²) in [5.74, 6) is 0.138. The molecule has 2 N–H and O–H groups in total. The van der Waals surface area contributed by atoms with Gasteiger partial charge >= 0.3 is 0 Å². The lowest BCUT2D eigenvalue weighted by atomic mass is 10.0. The summed E-state index contributed by atoms with van der Waals surface area (Å²) < 4.78 is 0. The van der Waals surface area contributed by atoms with Crippen molar-refractivity contribution in [1.29, 1.82) is 0 Å². The topological polar surface area (TPSA) is 36.8 Å². The maximum atomic E-state index is 11.8. The van der Waals surface area contributed by atoms with Gasteiger partial charge in [-0.25, -0.2) is 0 Å². The molecule has 26 heavy (non-hydrogen) atoms. The molecule has 4 rings (SSSR count). The van der Waals surface area contributed by atoms with Crippen LogP contribution in [0.2, 0.25) is 0 Å². The van der Waals surface area contributed by atoms with Crippen LogP contribution in [0.4, 0.5) is 11.4 Å². The molecular formula is C22H28N3O+. The van der Waals surface area contributed by atoms with E-state index in [2.05, 4.69) is 53.8 Å². The zero-order valence-corrected chi connectivity index (χ0v) is 15.5. The number of nitrogens with one attached hydrogen (secondary N) is 2. The maximum absolute atomic E-state index is 11.8. The maximum Gasteiger partial charge on any atom is 0.223 e. The fourth-order valence-electron chi connectivity index (χ4n) is 4.26. The lowest BCUT2D eigenvalue weighted by Gasteiger charge is -2.30. The third kappa shape index (κ3) is 3.75. The standard InChI is InChI=1S/C22H27N3O/c1-17(26)25-14-9-19-7-8-21(15-22(19)25)23-20-10-12-24(13-11-20)16-18-5-3-2-4-6-18/h2-8,15,20,23H,9-14,16H2,1H3/p+1. The van der Waals surface area contributed by atoms with E-state index >= 15 is 0 Å². The Morgan fingerprint density at radius 2 is 1.92 bits per heavy atom. The van der Waals surface area contributed by atoms with E-state index in [9.17, 15) is 4.79 Å². The van der Waals surface area contributed by atoms with Crippen molar-refractivity contribution >= 4 is 17.3 Å². The number of carbonyl (C=O) groups is 1. The first-order chi connectivity index (χ1) is 12.7. The molecular weight excluding hydrogens is 322 g/mol. The number of anilines is 2. The van der Waals surface area contributed by atoms with Crippen molar-refractivity contribution in [3.63, 3.8) is 0 Å². The summed E-state index contributed by atoms with van der Waals surface area (Å²) in [5.41, 5.74) is 4.95. The lowest BCUT2D eigenvalue weighted by Crippen LogP contribution is -3.12. The first-order valence-electron chi connectivity index (χ1n) is 9.74. The van der Waals surface area contributed by atoms with Crippen LogP contribution in [0.5, 0.6) is 0 Å². The highest BCUT2D eigenvalue weighted by Gasteiger charge is 2.25. The van der Waals surface area contributed by atoms with Gasteiger partial charge in [-0.2, -0.15) is 0 Å². The van der Waals surface area contributed by atoms with Gasteiger partial charge in [0, 0.05) is 49.3 Å². The number of amides is 1. The quantitative estimate of drug-likeness (QED) is 0.887. The molecule has 2 aliphatic rings. The molecule has 2 aromatic rings. The summed E-state index contributed by atoms with van der Waals surface area (Å²) in [5, 5.41) is 3.70. The highest BCUT2D eigenvalue weighted by Crippen LogP contribution is 2.31. The van der Waals surface area contributed by atoms with Gasteiger partial charge in [-0.05, 0) is 24.1 Å². The summed E-state index contributed by atoms with van der Waals surface area (Å²) in [6, 6.07) is 17.8. The van der Waals surface area contributed by atoms with E-state index in [0.717, 1.165) is 30.9 Å². The predicted molar refractivity (Wildman–Crippen MR) is 106 cm³/mol. The first kappa shape index (κ1) is 17.1. The minimum atomic E-state index is 0.138.